The van der Waals surface area contributed by atoms with Gasteiger partial charge in [0.1, 0.15) is 12.4 Å². The summed E-state index contributed by atoms with van der Waals surface area (Å²) in [6.45, 7) is 4.90. The summed E-state index contributed by atoms with van der Waals surface area (Å²) in [5.41, 5.74) is 4.44. The van der Waals surface area contributed by atoms with Crippen LogP contribution in [-0.4, -0.2) is 32.4 Å². The summed E-state index contributed by atoms with van der Waals surface area (Å²) in [4.78, 5) is 12.5. The molecule has 3 aromatic rings. The van der Waals surface area contributed by atoms with E-state index in [1.807, 2.05) is 13.8 Å². The fourth-order valence-corrected chi connectivity index (χ4v) is 3.05. The van der Waals surface area contributed by atoms with E-state index >= 15 is 0 Å². The quantitative estimate of drug-likeness (QED) is 0.319. The Labute approximate surface area is 198 Å². The Morgan fingerprint density at radius 2 is 1.56 bits per heavy atom. The van der Waals surface area contributed by atoms with Crippen LogP contribution in [0.25, 0.3) is 0 Å². The summed E-state index contributed by atoms with van der Waals surface area (Å²) in [5, 5.41) is 4.04. The Bertz CT molecular complexity index is 1130. The van der Waals surface area contributed by atoms with E-state index in [1.54, 1.807) is 48.5 Å². The molecule has 0 saturated carbocycles. The standard InChI is InChI=1S/C26H27FN2O5/c1-4-32-24-14-19(8-12-23(24)34-17-18-6-10-21(27)11-7-18)16-28-29-26(30)20-9-13-22(31-3)25(15-20)33-5-2/h6-16H,4-5,17H2,1-3H3,(H,29,30)/b28-16+. The number of methoxy groups -OCH3 is 1. The van der Waals surface area contributed by atoms with Crippen LogP contribution < -0.4 is 24.4 Å². The van der Waals surface area contributed by atoms with E-state index in [0.717, 1.165) is 5.56 Å². The molecule has 0 aromatic heterocycles. The average molecular weight is 467 g/mol. The van der Waals surface area contributed by atoms with Crippen molar-refractivity contribution in [3.8, 4) is 23.0 Å². The van der Waals surface area contributed by atoms with E-state index in [2.05, 4.69) is 10.5 Å². The predicted molar refractivity (Wildman–Crippen MR) is 128 cm³/mol. The number of nitrogens with zero attached hydrogens (tertiary/aromatic N) is 1. The molecule has 0 spiro atoms. The van der Waals surface area contributed by atoms with E-state index in [1.165, 1.54) is 25.5 Å². The molecule has 8 heteroatoms. The van der Waals surface area contributed by atoms with Gasteiger partial charge in [0.15, 0.2) is 23.0 Å². The van der Waals surface area contributed by atoms with Gasteiger partial charge in [0, 0.05) is 5.56 Å². The lowest BCUT2D eigenvalue weighted by molar-refractivity contribution is 0.0954. The number of hydrogen-bond donors (Lipinski definition) is 1. The minimum Gasteiger partial charge on any atom is -0.493 e. The second kappa shape index (κ2) is 12.2. The first-order valence-electron chi connectivity index (χ1n) is 10.8. The van der Waals surface area contributed by atoms with Crippen molar-refractivity contribution in [1.82, 2.24) is 5.43 Å². The van der Waals surface area contributed by atoms with Gasteiger partial charge in [-0.2, -0.15) is 5.10 Å². The van der Waals surface area contributed by atoms with Crippen molar-refractivity contribution in [1.29, 1.82) is 0 Å². The Balaban J connectivity index is 1.65. The second-order valence-electron chi connectivity index (χ2n) is 7.05. The molecule has 0 atom stereocenters. The lowest BCUT2D eigenvalue weighted by atomic mass is 10.2. The summed E-state index contributed by atoms with van der Waals surface area (Å²) in [6.07, 6.45) is 1.51. The predicted octanol–water partition coefficient (Wildman–Crippen LogP) is 4.97. The zero-order valence-corrected chi connectivity index (χ0v) is 19.3. The number of amides is 1. The Kier molecular flexibility index (Phi) is 8.85. The molecule has 1 N–H and O–H groups in total. The van der Waals surface area contributed by atoms with Gasteiger partial charge in [-0.15, -0.1) is 0 Å². The largest absolute Gasteiger partial charge is 0.493 e. The number of rotatable bonds is 11. The number of carbonyl (C=O) groups is 1. The number of halogens is 1. The van der Waals surface area contributed by atoms with Crippen molar-refractivity contribution < 1.29 is 28.1 Å². The molecule has 0 radical (unpaired) electrons. The number of benzene rings is 3. The van der Waals surface area contributed by atoms with Gasteiger partial charge in [-0.1, -0.05) is 12.1 Å². The topological polar surface area (TPSA) is 78.4 Å². The highest BCUT2D eigenvalue weighted by Gasteiger charge is 2.11. The van der Waals surface area contributed by atoms with E-state index in [0.29, 0.717) is 47.3 Å². The monoisotopic (exact) mass is 466 g/mol. The maximum atomic E-state index is 13.1. The first kappa shape index (κ1) is 24.6. The van der Waals surface area contributed by atoms with Crippen molar-refractivity contribution in [2.75, 3.05) is 20.3 Å². The van der Waals surface area contributed by atoms with Crippen LogP contribution in [0.3, 0.4) is 0 Å². The van der Waals surface area contributed by atoms with Crippen LogP contribution in [0, 0.1) is 5.82 Å². The van der Waals surface area contributed by atoms with E-state index in [9.17, 15) is 9.18 Å². The fourth-order valence-electron chi connectivity index (χ4n) is 3.05. The summed E-state index contributed by atoms with van der Waals surface area (Å²) < 4.78 is 35.3. The maximum Gasteiger partial charge on any atom is 0.271 e. The van der Waals surface area contributed by atoms with Gasteiger partial charge < -0.3 is 18.9 Å². The van der Waals surface area contributed by atoms with Gasteiger partial charge in [-0.05, 0) is 73.5 Å². The fraction of sp³-hybridized carbons (Fsp3) is 0.231. The first-order valence-corrected chi connectivity index (χ1v) is 10.8. The normalized spacial score (nSPS) is 10.7. The minimum atomic E-state index is -0.385. The van der Waals surface area contributed by atoms with Crippen molar-refractivity contribution in [2.24, 2.45) is 5.10 Å². The third-order valence-electron chi connectivity index (χ3n) is 4.68. The van der Waals surface area contributed by atoms with Gasteiger partial charge in [0.25, 0.3) is 5.91 Å². The highest BCUT2D eigenvalue weighted by atomic mass is 19.1. The summed E-state index contributed by atoms with van der Waals surface area (Å²) in [5.74, 6) is 1.44. The first-order chi connectivity index (χ1) is 16.5. The lowest BCUT2D eigenvalue weighted by Crippen LogP contribution is -2.17. The zero-order valence-electron chi connectivity index (χ0n) is 19.3. The van der Waals surface area contributed by atoms with Crippen molar-refractivity contribution in [3.63, 3.8) is 0 Å². The molecular weight excluding hydrogens is 439 g/mol. The number of hydrazone groups is 1. The van der Waals surface area contributed by atoms with Crippen LogP contribution in [0.4, 0.5) is 4.39 Å². The van der Waals surface area contributed by atoms with Gasteiger partial charge in [0.2, 0.25) is 0 Å². The van der Waals surface area contributed by atoms with Crippen LogP contribution in [-0.2, 0) is 6.61 Å². The molecule has 0 heterocycles. The minimum absolute atomic E-state index is 0.273. The van der Waals surface area contributed by atoms with Gasteiger partial charge in [-0.25, -0.2) is 9.82 Å². The van der Waals surface area contributed by atoms with Crippen LogP contribution in [0.2, 0.25) is 0 Å². The van der Waals surface area contributed by atoms with Crippen LogP contribution in [0.1, 0.15) is 35.3 Å². The van der Waals surface area contributed by atoms with Gasteiger partial charge in [-0.3, -0.25) is 4.79 Å². The zero-order chi connectivity index (χ0) is 24.3. The van der Waals surface area contributed by atoms with Crippen LogP contribution in [0.15, 0.2) is 65.8 Å². The number of carbonyl (C=O) groups excluding carboxylic acids is 1. The number of ether oxygens (including phenoxy) is 4. The molecule has 0 saturated heterocycles. The molecule has 34 heavy (non-hydrogen) atoms. The second-order valence-corrected chi connectivity index (χ2v) is 7.05. The van der Waals surface area contributed by atoms with Crippen LogP contribution in [0.5, 0.6) is 23.0 Å². The molecule has 0 fully saturated rings. The molecule has 178 valence electrons. The van der Waals surface area contributed by atoms with Gasteiger partial charge in [0.05, 0.1) is 26.5 Å². The Hall–Kier alpha value is -4.07. The Morgan fingerprint density at radius 3 is 2.24 bits per heavy atom. The van der Waals surface area contributed by atoms with Crippen molar-refractivity contribution in [3.05, 3.63) is 83.2 Å². The van der Waals surface area contributed by atoms with E-state index < -0.39 is 0 Å². The average Bonchev–Trinajstić information content (AvgIpc) is 2.85. The third-order valence-corrected chi connectivity index (χ3v) is 4.68. The molecule has 0 aliphatic heterocycles. The molecule has 1 amide bonds. The molecule has 0 aliphatic rings. The van der Waals surface area contributed by atoms with Crippen molar-refractivity contribution in [2.45, 2.75) is 20.5 Å². The SMILES string of the molecule is CCOc1cc(C(=O)N/N=C/c2ccc(OCc3ccc(F)cc3)c(OCC)c2)ccc1OC. The number of hydrogen-bond acceptors (Lipinski definition) is 6. The highest BCUT2D eigenvalue weighted by molar-refractivity contribution is 5.95. The van der Waals surface area contributed by atoms with Crippen LogP contribution >= 0.6 is 0 Å². The molecule has 3 aromatic carbocycles. The smallest absolute Gasteiger partial charge is 0.271 e. The van der Waals surface area contributed by atoms with E-state index in [-0.39, 0.29) is 18.3 Å². The summed E-state index contributed by atoms with van der Waals surface area (Å²) in [6, 6.07) is 16.3. The van der Waals surface area contributed by atoms with Gasteiger partial charge >= 0.3 is 0 Å². The third kappa shape index (κ3) is 6.71. The maximum absolute atomic E-state index is 13.1. The molecular formula is C26H27FN2O5. The summed E-state index contributed by atoms with van der Waals surface area (Å²) in [7, 11) is 1.54. The molecule has 0 unspecified atom stereocenters. The molecule has 7 nitrogen and oxygen atoms in total. The lowest BCUT2D eigenvalue weighted by Gasteiger charge is -2.12. The molecule has 0 aliphatic carbocycles. The van der Waals surface area contributed by atoms with Crippen molar-refractivity contribution >= 4 is 12.1 Å². The Morgan fingerprint density at radius 1 is 0.882 bits per heavy atom. The highest BCUT2D eigenvalue weighted by Crippen LogP contribution is 2.29. The number of nitrogens with one attached hydrogen (secondary N) is 1. The summed E-state index contributed by atoms with van der Waals surface area (Å²) >= 11 is 0. The molecule has 0 bridgehead atoms. The van der Waals surface area contributed by atoms with E-state index in [4.69, 9.17) is 18.9 Å². The molecule has 3 rings (SSSR count).